The molecule has 0 spiro atoms. The average Bonchev–Trinajstić information content (AvgIpc) is 2.75. The van der Waals surface area contributed by atoms with Gasteiger partial charge in [0.15, 0.2) is 0 Å². The van der Waals surface area contributed by atoms with Gasteiger partial charge in [-0.1, -0.05) is 12.1 Å². The number of hydrogen-bond acceptors (Lipinski definition) is 3. The molecule has 0 radical (unpaired) electrons. The highest BCUT2D eigenvalue weighted by molar-refractivity contribution is 7.89. The fourth-order valence-corrected chi connectivity index (χ4v) is 2.69. The summed E-state index contributed by atoms with van der Waals surface area (Å²) in [5.74, 6) is -1.51. The molecule has 0 fully saturated rings. The molecule has 0 atom stereocenters. The Morgan fingerprint density at radius 2 is 1.86 bits per heavy atom. The molecule has 5 nitrogen and oxygen atoms in total. The summed E-state index contributed by atoms with van der Waals surface area (Å²) in [6, 6.07) is 6.11. The number of aromatic nitrogens is 2. The van der Waals surface area contributed by atoms with Crippen molar-refractivity contribution in [1.29, 1.82) is 0 Å². The third kappa shape index (κ3) is 3.18. The molecule has 1 aromatic heterocycles. The molecule has 116 valence electrons. The summed E-state index contributed by atoms with van der Waals surface area (Å²) in [4.78, 5) is 3.56. The van der Waals surface area contributed by atoms with E-state index in [1.807, 2.05) is 0 Å². The highest BCUT2D eigenvalue weighted by atomic mass is 32.2. The number of para-hydroxylation sites is 2. The van der Waals surface area contributed by atoms with E-state index in [1.54, 1.807) is 12.1 Å². The summed E-state index contributed by atoms with van der Waals surface area (Å²) in [7, 11) is -0.909. The molecule has 1 heterocycles. The molecule has 0 aliphatic heterocycles. The van der Waals surface area contributed by atoms with E-state index >= 15 is 0 Å². The number of aryl methyl sites for hydroxylation is 1. The molecular formula is C12H14F3N3O2S. The molecule has 2 aromatic rings. The number of halogens is 3. The van der Waals surface area contributed by atoms with Gasteiger partial charge in [-0.25, -0.2) is 17.7 Å². The maximum atomic E-state index is 13.0. The second-order valence-corrected chi connectivity index (χ2v) is 6.97. The van der Waals surface area contributed by atoms with Gasteiger partial charge in [-0.05, 0) is 12.1 Å². The van der Waals surface area contributed by atoms with Crippen molar-refractivity contribution >= 4 is 21.1 Å². The molecule has 0 bridgehead atoms. The van der Waals surface area contributed by atoms with Gasteiger partial charge in [0.05, 0.1) is 16.8 Å². The normalized spacial score (nSPS) is 13.2. The van der Waals surface area contributed by atoms with Gasteiger partial charge in [0.2, 0.25) is 15.8 Å². The Kier molecular flexibility index (Phi) is 3.98. The van der Waals surface area contributed by atoms with E-state index in [0.717, 1.165) is 8.87 Å². The first kappa shape index (κ1) is 15.8. The van der Waals surface area contributed by atoms with E-state index in [1.165, 1.54) is 26.2 Å². The fourth-order valence-electron chi connectivity index (χ4n) is 1.91. The highest BCUT2D eigenvalue weighted by Crippen LogP contribution is 2.31. The quantitative estimate of drug-likeness (QED) is 0.865. The lowest BCUT2D eigenvalue weighted by atomic mass is 10.3. The second-order valence-electron chi connectivity index (χ2n) is 4.67. The molecule has 21 heavy (non-hydrogen) atoms. The van der Waals surface area contributed by atoms with E-state index in [0.29, 0.717) is 0 Å². The summed E-state index contributed by atoms with van der Waals surface area (Å²) in [5, 5.41) is 0. The van der Waals surface area contributed by atoms with E-state index in [-0.39, 0.29) is 17.6 Å². The number of rotatable bonds is 4. The molecule has 1 aromatic carbocycles. The average molecular weight is 321 g/mol. The number of fused-ring (bicyclic) bond motifs is 1. The predicted molar refractivity (Wildman–Crippen MR) is 72.2 cm³/mol. The van der Waals surface area contributed by atoms with Crippen LogP contribution in [0.25, 0.3) is 11.0 Å². The lowest BCUT2D eigenvalue weighted by Crippen LogP contribution is -2.28. The van der Waals surface area contributed by atoms with Gasteiger partial charge >= 0.3 is 6.18 Å². The number of hydrogen-bond donors (Lipinski definition) is 0. The van der Waals surface area contributed by atoms with Gasteiger partial charge in [-0.15, -0.1) is 0 Å². The lowest BCUT2D eigenvalue weighted by molar-refractivity contribution is -0.146. The van der Waals surface area contributed by atoms with Gasteiger partial charge in [0.1, 0.15) is 0 Å². The molecule has 9 heteroatoms. The largest absolute Gasteiger partial charge is 0.449 e. The zero-order valence-corrected chi connectivity index (χ0v) is 12.2. The van der Waals surface area contributed by atoms with Gasteiger partial charge in [0, 0.05) is 20.6 Å². The van der Waals surface area contributed by atoms with Crippen LogP contribution in [-0.4, -0.2) is 42.1 Å². The van der Waals surface area contributed by atoms with E-state index in [4.69, 9.17) is 0 Å². The number of sulfonamides is 1. The molecule has 0 saturated heterocycles. The standard InChI is InChI=1S/C12H14F3N3O2S/c1-17(2)21(19,20)8-7-18-10-6-4-3-5-9(10)16-11(18)12(13,14)15/h3-6H,7-8H2,1-2H3. The summed E-state index contributed by atoms with van der Waals surface area (Å²) < 4.78 is 64.4. The zero-order chi connectivity index (χ0) is 15.8. The summed E-state index contributed by atoms with van der Waals surface area (Å²) in [5.41, 5.74) is 0.450. The molecule has 0 N–H and O–H groups in total. The summed E-state index contributed by atoms with van der Waals surface area (Å²) in [6.45, 7) is -0.310. The lowest BCUT2D eigenvalue weighted by Gasteiger charge is -2.14. The predicted octanol–water partition coefficient (Wildman–Crippen LogP) is 1.95. The summed E-state index contributed by atoms with van der Waals surface area (Å²) >= 11 is 0. The van der Waals surface area contributed by atoms with Gasteiger partial charge in [-0.3, -0.25) is 0 Å². The topological polar surface area (TPSA) is 55.2 Å². The van der Waals surface area contributed by atoms with Crippen LogP contribution in [-0.2, 0) is 22.7 Å². The minimum atomic E-state index is -4.64. The molecule has 0 unspecified atom stereocenters. The Balaban J connectivity index is 2.47. The van der Waals surface area contributed by atoms with Crippen LogP contribution >= 0.6 is 0 Å². The first-order chi connectivity index (χ1) is 9.63. The van der Waals surface area contributed by atoms with E-state index in [2.05, 4.69) is 4.98 Å². The van der Waals surface area contributed by atoms with Crippen LogP contribution in [0, 0.1) is 0 Å². The first-order valence-corrected chi connectivity index (χ1v) is 7.66. The van der Waals surface area contributed by atoms with Crippen molar-refractivity contribution in [2.75, 3.05) is 19.8 Å². The first-order valence-electron chi connectivity index (χ1n) is 6.05. The Morgan fingerprint density at radius 3 is 2.43 bits per heavy atom. The van der Waals surface area contributed by atoms with Crippen molar-refractivity contribution in [2.45, 2.75) is 12.7 Å². The van der Waals surface area contributed by atoms with Crippen LogP contribution < -0.4 is 0 Å². The van der Waals surface area contributed by atoms with E-state index < -0.39 is 27.8 Å². The molecule has 2 rings (SSSR count). The second kappa shape index (κ2) is 5.30. The maximum Gasteiger partial charge on any atom is 0.449 e. The maximum absolute atomic E-state index is 13.0. The molecule has 0 amide bonds. The van der Waals surface area contributed by atoms with E-state index in [9.17, 15) is 21.6 Å². The zero-order valence-electron chi connectivity index (χ0n) is 11.4. The van der Waals surface area contributed by atoms with Crippen LogP contribution in [0.4, 0.5) is 13.2 Å². The Hall–Kier alpha value is -1.61. The number of imidazole rings is 1. The Labute approximate surface area is 120 Å². The van der Waals surface area contributed by atoms with Crippen LogP contribution in [0.1, 0.15) is 5.82 Å². The van der Waals surface area contributed by atoms with Crippen LogP contribution in [0.15, 0.2) is 24.3 Å². The van der Waals surface area contributed by atoms with Crippen molar-refractivity contribution in [2.24, 2.45) is 0 Å². The van der Waals surface area contributed by atoms with Gasteiger partial charge < -0.3 is 4.57 Å². The monoisotopic (exact) mass is 321 g/mol. The van der Waals surface area contributed by atoms with Crippen LogP contribution in [0.2, 0.25) is 0 Å². The number of alkyl halides is 3. The third-order valence-electron chi connectivity index (χ3n) is 3.04. The van der Waals surface area contributed by atoms with Crippen LogP contribution in [0.3, 0.4) is 0 Å². The number of nitrogens with zero attached hydrogens (tertiary/aromatic N) is 3. The van der Waals surface area contributed by atoms with Crippen LogP contribution in [0.5, 0.6) is 0 Å². The Morgan fingerprint density at radius 1 is 1.24 bits per heavy atom. The SMILES string of the molecule is CN(C)S(=O)(=O)CCn1c(C(F)(F)F)nc2ccccc21. The Bertz CT molecular complexity index is 751. The third-order valence-corrected chi connectivity index (χ3v) is 4.85. The molecular weight excluding hydrogens is 307 g/mol. The van der Waals surface area contributed by atoms with Crippen molar-refractivity contribution in [1.82, 2.24) is 13.9 Å². The number of benzene rings is 1. The molecule has 0 saturated carbocycles. The van der Waals surface area contributed by atoms with Crippen molar-refractivity contribution in [3.63, 3.8) is 0 Å². The van der Waals surface area contributed by atoms with Crippen molar-refractivity contribution in [3.05, 3.63) is 30.1 Å². The fraction of sp³-hybridized carbons (Fsp3) is 0.417. The van der Waals surface area contributed by atoms with Crippen molar-refractivity contribution in [3.8, 4) is 0 Å². The smallest absolute Gasteiger partial charge is 0.319 e. The molecule has 0 aliphatic carbocycles. The van der Waals surface area contributed by atoms with Crippen molar-refractivity contribution < 1.29 is 21.6 Å². The highest BCUT2D eigenvalue weighted by Gasteiger charge is 2.37. The minimum absolute atomic E-state index is 0.187. The summed E-state index contributed by atoms with van der Waals surface area (Å²) in [6.07, 6.45) is -4.64. The van der Waals surface area contributed by atoms with Gasteiger partial charge in [0.25, 0.3) is 0 Å². The van der Waals surface area contributed by atoms with Gasteiger partial charge in [-0.2, -0.15) is 13.2 Å². The molecule has 0 aliphatic rings. The minimum Gasteiger partial charge on any atom is -0.319 e.